The van der Waals surface area contributed by atoms with Crippen molar-refractivity contribution < 1.29 is 17.9 Å². The van der Waals surface area contributed by atoms with Crippen LogP contribution in [-0.4, -0.2) is 34.0 Å². The van der Waals surface area contributed by atoms with Gasteiger partial charge in [0.15, 0.2) is 6.29 Å². The van der Waals surface area contributed by atoms with Crippen LogP contribution in [0.4, 0.5) is 0 Å². The summed E-state index contributed by atoms with van der Waals surface area (Å²) in [5.74, 6) is 0. The SMILES string of the molecule is CCC[C@H](CCCCOC1CCCCO1)NS(=O)(=O)c1ccc(C)cc1. The van der Waals surface area contributed by atoms with Gasteiger partial charge in [-0.25, -0.2) is 13.1 Å². The molecule has 0 aliphatic carbocycles. The van der Waals surface area contributed by atoms with Gasteiger partial charge in [0.2, 0.25) is 10.0 Å². The maximum Gasteiger partial charge on any atom is 0.240 e. The monoisotopic (exact) mass is 383 g/mol. The zero-order valence-electron chi connectivity index (χ0n) is 16.1. The van der Waals surface area contributed by atoms with Gasteiger partial charge in [-0.05, 0) is 64.0 Å². The molecular weight excluding hydrogens is 350 g/mol. The van der Waals surface area contributed by atoms with Crippen molar-refractivity contribution in [2.75, 3.05) is 13.2 Å². The molecule has 148 valence electrons. The first-order valence-corrected chi connectivity index (χ1v) is 11.3. The van der Waals surface area contributed by atoms with Crippen LogP contribution in [0, 0.1) is 6.92 Å². The largest absolute Gasteiger partial charge is 0.353 e. The van der Waals surface area contributed by atoms with Crippen molar-refractivity contribution in [3.63, 3.8) is 0 Å². The molecule has 1 unspecified atom stereocenters. The molecule has 0 amide bonds. The Morgan fingerprint density at radius 2 is 1.96 bits per heavy atom. The van der Waals surface area contributed by atoms with Gasteiger partial charge < -0.3 is 9.47 Å². The lowest BCUT2D eigenvalue weighted by molar-refractivity contribution is -0.162. The third kappa shape index (κ3) is 7.35. The van der Waals surface area contributed by atoms with E-state index in [2.05, 4.69) is 11.6 Å². The number of hydrogen-bond acceptors (Lipinski definition) is 4. The summed E-state index contributed by atoms with van der Waals surface area (Å²) in [6.45, 7) is 5.50. The molecule has 1 heterocycles. The van der Waals surface area contributed by atoms with E-state index in [-0.39, 0.29) is 12.3 Å². The first kappa shape index (κ1) is 21.4. The topological polar surface area (TPSA) is 64.6 Å². The molecule has 1 aliphatic heterocycles. The van der Waals surface area contributed by atoms with E-state index in [1.165, 1.54) is 6.42 Å². The summed E-state index contributed by atoms with van der Waals surface area (Å²) in [6, 6.07) is 6.96. The molecule has 0 aromatic heterocycles. The molecule has 5 nitrogen and oxygen atoms in total. The molecule has 1 saturated heterocycles. The van der Waals surface area contributed by atoms with Gasteiger partial charge in [0, 0.05) is 19.3 Å². The van der Waals surface area contributed by atoms with E-state index in [1.807, 2.05) is 19.1 Å². The number of ether oxygens (including phenoxy) is 2. The zero-order valence-corrected chi connectivity index (χ0v) is 16.9. The third-order valence-electron chi connectivity index (χ3n) is 4.68. The fourth-order valence-electron chi connectivity index (χ4n) is 3.17. The second kappa shape index (κ2) is 11.0. The van der Waals surface area contributed by atoms with Gasteiger partial charge in [0.05, 0.1) is 4.90 Å². The highest BCUT2D eigenvalue weighted by molar-refractivity contribution is 7.89. The molecule has 1 aliphatic rings. The minimum atomic E-state index is -3.46. The van der Waals surface area contributed by atoms with Crippen molar-refractivity contribution in [2.24, 2.45) is 0 Å². The lowest BCUT2D eigenvalue weighted by Crippen LogP contribution is -2.34. The lowest BCUT2D eigenvalue weighted by Gasteiger charge is -2.23. The molecule has 2 atom stereocenters. The smallest absolute Gasteiger partial charge is 0.240 e. The number of hydrogen-bond donors (Lipinski definition) is 1. The van der Waals surface area contributed by atoms with E-state index >= 15 is 0 Å². The van der Waals surface area contributed by atoms with Crippen LogP contribution in [0.15, 0.2) is 29.2 Å². The van der Waals surface area contributed by atoms with Crippen molar-refractivity contribution in [1.82, 2.24) is 4.72 Å². The fraction of sp³-hybridized carbons (Fsp3) is 0.700. The molecule has 2 rings (SSSR count). The maximum absolute atomic E-state index is 12.6. The van der Waals surface area contributed by atoms with Gasteiger partial charge in [0.25, 0.3) is 0 Å². The summed E-state index contributed by atoms with van der Waals surface area (Å²) >= 11 is 0. The standard InChI is InChI=1S/C20H33NO4S/c1-3-8-18(9-4-6-15-24-20-10-5-7-16-25-20)21-26(22,23)19-13-11-17(2)12-14-19/h11-14,18,20-21H,3-10,15-16H2,1-2H3/t18-,20?/m1/s1. The maximum atomic E-state index is 12.6. The molecule has 1 N–H and O–H groups in total. The van der Waals surface area contributed by atoms with Crippen LogP contribution in [-0.2, 0) is 19.5 Å². The van der Waals surface area contributed by atoms with Gasteiger partial charge >= 0.3 is 0 Å². The first-order chi connectivity index (χ1) is 12.5. The van der Waals surface area contributed by atoms with Crippen LogP contribution in [0.3, 0.4) is 0 Å². The summed E-state index contributed by atoms with van der Waals surface area (Å²) in [5, 5.41) is 0. The Kier molecular flexibility index (Phi) is 9.05. The average Bonchev–Trinajstić information content (AvgIpc) is 2.62. The van der Waals surface area contributed by atoms with Crippen LogP contribution < -0.4 is 4.72 Å². The minimum absolute atomic E-state index is 0.0303. The van der Waals surface area contributed by atoms with Crippen molar-refractivity contribution in [3.8, 4) is 0 Å². The molecule has 26 heavy (non-hydrogen) atoms. The Bertz CT molecular complexity index is 609. The summed E-state index contributed by atoms with van der Waals surface area (Å²) in [5.41, 5.74) is 1.05. The molecule has 1 aromatic rings. The normalized spacial score (nSPS) is 19.4. The van der Waals surface area contributed by atoms with Gasteiger partial charge in [-0.2, -0.15) is 0 Å². The predicted octanol–water partition coefficient (Wildman–Crippen LogP) is 4.16. The van der Waals surface area contributed by atoms with Crippen LogP contribution in [0.1, 0.15) is 63.9 Å². The first-order valence-electron chi connectivity index (χ1n) is 9.83. The zero-order chi connectivity index (χ0) is 18.8. The molecular formula is C20H33NO4S. The van der Waals surface area contributed by atoms with E-state index < -0.39 is 10.0 Å². The summed E-state index contributed by atoms with van der Waals surface area (Å²) in [6.07, 6.45) is 7.72. The quantitative estimate of drug-likeness (QED) is 0.583. The average molecular weight is 384 g/mol. The highest BCUT2D eigenvalue weighted by atomic mass is 32.2. The fourth-order valence-corrected chi connectivity index (χ4v) is 4.47. The van der Waals surface area contributed by atoms with Gasteiger partial charge in [0.1, 0.15) is 0 Å². The summed E-state index contributed by atoms with van der Waals surface area (Å²) < 4.78 is 39.3. The molecule has 1 aromatic carbocycles. The number of rotatable bonds is 11. The van der Waals surface area contributed by atoms with E-state index in [9.17, 15) is 8.42 Å². The van der Waals surface area contributed by atoms with E-state index in [0.717, 1.165) is 57.1 Å². The Morgan fingerprint density at radius 3 is 2.62 bits per heavy atom. The van der Waals surface area contributed by atoms with E-state index in [1.54, 1.807) is 12.1 Å². The van der Waals surface area contributed by atoms with Gasteiger partial charge in [-0.1, -0.05) is 31.0 Å². The van der Waals surface area contributed by atoms with Crippen molar-refractivity contribution in [1.29, 1.82) is 0 Å². The van der Waals surface area contributed by atoms with Crippen LogP contribution in [0.25, 0.3) is 0 Å². The van der Waals surface area contributed by atoms with Crippen molar-refractivity contribution >= 4 is 10.0 Å². The van der Waals surface area contributed by atoms with E-state index in [0.29, 0.717) is 11.5 Å². The lowest BCUT2D eigenvalue weighted by atomic mass is 10.1. The minimum Gasteiger partial charge on any atom is -0.353 e. The van der Waals surface area contributed by atoms with Gasteiger partial charge in [-0.15, -0.1) is 0 Å². The van der Waals surface area contributed by atoms with Crippen LogP contribution in [0.5, 0.6) is 0 Å². The van der Waals surface area contributed by atoms with Crippen LogP contribution in [0.2, 0.25) is 0 Å². The highest BCUT2D eigenvalue weighted by Crippen LogP contribution is 2.16. The Morgan fingerprint density at radius 1 is 1.19 bits per heavy atom. The second-order valence-corrected chi connectivity index (χ2v) is 8.80. The summed E-state index contributed by atoms with van der Waals surface area (Å²) in [7, 11) is -3.46. The molecule has 0 spiro atoms. The number of nitrogens with one attached hydrogen (secondary N) is 1. The number of aryl methyl sites for hydroxylation is 1. The second-order valence-electron chi connectivity index (χ2n) is 7.08. The number of benzene rings is 1. The number of sulfonamides is 1. The molecule has 6 heteroatoms. The third-order valence-corrected chi connectivity index (χ3v) is 6.22. The van der Waals surface area contributed by atoms with Crippen LogP contribution >= 0.6 is 0 Å². The predicted molar refractivity (Wildman–Crippen MR) is 104 cm³/mol. The molecule has 0 radical (unpaired) electrons. The molecule has 0 saturated carbocycles. The Balaban J connectivity index is 1.75. The highest BCUT2D eigenvalue weighted by Gasteiger charge is 2.19. The molecule has 0 bridgehead atoms. The van der Waals surface area contributed by atoms with Gasteiger partial charge in [-0.3, -0.25) is 0 Å². The Hall–Kier alpha value is -0.950. The Labute approximate surface area is 158 Å². The molecule has 1 fully saturated rings. The number of unbranched alkanes of at least 4 members (excludes halogenated alkanes) is 1. The van der Waals surface area contributed by atoms with Crippen molar-refractivity contribution in [3.05, 3.63) is 29.8 Å². The van der Waals surface area contributed by atoms with E-state index in [4.69, 9.17) is 9.47 Å². The van der Waals surface area contributed by atoms with Crippen molar-refractivity contribution in [2.45, 2.75) is 82.4 Å². The summed E-state index contributed by atoms with van der Waals surface area (Å²) in [4.78, 5) is 0.335.